The summed E-state index contributed by atoms with van der Waals surface area (Å²) in [6.07, 6.45) is 2.16. The van der Waals surface area contributed by atoms with Crippen molar-refractivity contribution < 1.29 is 14.6 Å². The third-order valence-corrected chi connectivity index (χ3v) is 7.79. The highest BCUT2D eigenvalue weighted by Gasteiger charge is 2.39. The number of anilines is 1. The second-order valence-corrected chi connectivity index (χ2v) is 11.9. The second kappa shape index (κ2) is 14.6. The van der Waals surface area contributed by atoms with Crippen LogP contribution < -0.4 is 4.90 Å². The highest BCUT2D eigenvalue weighted by atomic mass is 16.5. The molecular formula is C36H48N2O3. The Kier molecular flexibility index (Phi) is 11.5. The Morgan fingerprint density at radius 2 is 1.41 bits per heavy atom. The van der Waals surface area contributed by atoms with Gasteiger partial charge in [0.1, 0.15) is 0 Å². The van der Waals surface area contributed by atoms with Gasteiger partial charge >= 0.3 is 0 Å². The maximum atomic E-state index is 13.6. The van der Waals surface area contributed by atoms with Crippen LogP contribution in [0.4, 0.5) is 5.69 Å². The molecule has 1 aliphatic heterocycles. The molecule has 0 spiro atoms. The molecule has 0 aromatic heterocycles. The Morgan fingerprint density at radius 3 is 1.90 bits per heavy atom. The minimum Gasteiger partial charge on any atom is -0.390 e. The number of hydrogen-bond acceptors (Lipinski definition) is 5. The molecule has 5 heteroatoms. The van der Waals surface area contributed by atoms with Crippen molar-refractivity contribution in [2.45, 2.75) is 58.1 Å². The highest BCUT2D eigenvalue weighted by Crippen LogP contribution is 2.29. The van der Waals surface area contributed by atoms with Crippen LogP contribution in [0.2, 0.25) is 0 Å². The van der Waals surface area contributed by atoms with Gasteiger partial charge in [-0.2, -0.15) is 0 Å². The van der Waals surface area contributed by atoms with Gasteiger partial charge in [0, 0.05) is 30.8 Å². The molecule has 3 aromatic rings. The molecule has 3 aromatic carbocycles. The van der Waals surface area contributed by atoms with E-state index in [2.05, 4.69) is 47.6 Å². The molecule has 220 valence electrons. The van der Waals surface area contributed by atoms with E-state index < -0.39 is 11.1 Å². The first kappa shape index (κ1) is 32.3. The smallest absolute Gasteiger partial charge is 0.183 e. The summed E-state index contributed by atoms with van der Waals surface area (Å²) in [7, 11) is 4.01. The molecule has 41 heavy (non-hydrogen) atoms. The summed E-state index contributed by atoms with van der Waals surface area (Å²) in [5, 5.41) is 9.63. The topological polar surface area (TPSA) is 53.0 Å². The number of benzene rings is 3. The third-order valence-electron chi connectivity index (χ3n) is 7.79. The van der Waals surface area contributed by atoms with Crippen molar-refractivity contribution in [2.75, 3.05) is 45.3 Å². The van der Waals surface area contributed by atoms with Crippen molar-refractivity contribution in [3.63, 3.8) is 0 Å². The van der Waals surface area contributed by atoms with E-state index in [4.69, 9.17) is 4.74 Å². The van der Waals surface area contributed by atoms with Crippen LogP contribution in [0.15, 0.2) is 85.4 Å². The molecular weight excluding hydrogens is 508 g/mol. The van der Waals surface area contributed by atoms with Crippen molar-refractivity contribution in [1.29, 1.82) is 0 Å². The van der Waals surface area contributed by atoms with Crippen LogP contribution in [0, 0.1) is 0 Å². The number of likely N-dealkylation sites (N-methyl/N-ethyl adjacent to an activating group) is 1. The van der Waals surface area contributed by atoms with Gasteiger partial charge in [-0.3, -0.25) is 9.69 Å². The zero-order chi connectivity index (χ0) is 30.0. The zero-order valence-corrected chi connectivity index (χ0v) is 25.8. The molecule has 0 bridgehead atoms. The first-order valence-electron chi connectivity index (χ1n) is 14.6. The number of Topliss-reactive ketones (excluding diaryl/α,β-unsaturated/α-hetero) is 1. The zero-order valence-electron chi connectivity index (χ0n) is 25.8. The lowest BCUT2D eigenvalue weighted by molar-refractivity contribution is 0.0666. The maximum Gasteiger partial charge on any atom is 0.183 e. The molecule has 1 saturated heterocycles. The number of carbonyl (C=O) groups is 1. The molecule has 1 heterocycles. The van der Waals surface area contributed by atoms with Gasteiger partial charge in [0.2, 0.25) is 0 Å². The maximum absolute atomic E-state index is 13.6. The van der Waals surface area contributed by atoms with Crippen LogP contribution in [0.1, 0.15) is 61.2 Å². The van der Waals surface area contributed by atoms with E-state index in [0.29, 0.717) is 12.8 Å². The first-order valence-corrected chi connectivity index (χ1v) is 14.6. The molecule has 1 N–H and O–H groups in total. The first-order chi connectivity index (χ1) is 19.4. The van der Waals surface area contributed by atoms with E-state index >= 15 is 0 Å². The highest BCUT2D eigenvalue weighted by molar-refractivity contribution is 6.03. The normalized spacial score (nSPS) is 15.1. The van der Waals surface area contributed by atoms with Crippen LogP contribution >= 0.6 is 0 Å². The van der Waals surface area contributed by atoms with Crippen molar-refractivity contribution in [1.82, 2.24) is 4.90 Å². The third kappa shape index (κ3) is 9.12. The van der Waals surface area contributed by atoms with Gasteiger partial charge in [-0.25, -0.2) is 0 Å². The summed E-state index contributed by atoms with van der Waals surface area (Å²) in [6, 6.07) is 26.5. The van der Waals surface area contributed by atoms with Crippen LogP contribution in [0.5, 0.6) is 0 Å². The Labute approximate surface area is 247 Å². The molecule has 5 nitrogen and oxygen atoms in total. The molecule has 1 atom stereocenters. The minimum absolute atomic E-state index is 0.187. The van der Waals surface area contributed by atoms with Gasteiger partial charge in [0.15, 0.2) is 5.78 Å². The summed E-state index contributed by atoms with van der Waals surface area (Å²) in [5.41, 5.74) is 5.33. The van der Waals surface area contributed by atoms with Crippen LogP contribution in [0.3, 0.4) is 0 Å². The van der Waals surface area contributed by atoms with Gasteiger partial charge in [-0.1, -0.05) is 73.7 Å². The van der Waals surface area contributed by atoms with E-state index in [9.17, 15) is 9.90 Å². The number of ketones is 1. The van der Waals surface area contributed by atoms with Gasteiger partial charge in [-0.05, 0) is 88.7 Å². The molecule has 1 fully saturated rings. The fraction of sp³-hybridized carbons (Fsp3) is 0.417. The molecule has 1 unspecified atom stereocenters. The van der Waals surface area contributed by atoms with E-state index in [1.807, 2.05) is 89.5 Å². The largest absolute Gasteiger partial charge is 0.390 e. The number of hydrogen-bond donors (Lipinski definition) is 1. The summed E-state index contributed by atoms with van der Waals surface area (Å²) in [4.78, 5) is 17.9. The molecule has 0 radical (unpaired) electrons. The molecule has 0 amide bonds. The van der Waals surface area contributed by atoms with Gasteiger partial charge in [0.05, 0.1) is 24.4 Å². The SMILES string of the molecule is C=C(C)c1ccc(CC(C)(C)O)cc1.CCC(Cc1ccccc1)(C(=O)c1ccc(N2CCOCC2)cc1)N(C)C. The van der Waals surface area contributed by atoms with Crippen LogP contribution in [-0.2, 0) is 17.6 Å². The number of aliphatic hydroxyl groups is 1. The number of nitrogens with zero attached hydrogens (tertiary/aromatic N) is 2. The number of ether oxygens (including phenoxy) is 1. The fourth-order valence-corrected chi connectivity index (χ4v) is 5.30. The monoisotopic (exact) mass is 556 g/mol. The standard InChI is InChI=1S/C23H30N2O2.C13H18O/c1-4-23(24(2)3,18-19-8-6-5-7-9-19)22(26)20-10-12-21(13-11-20)25-14-16-27-17-15-25;1-10(2)12-7-5-11(6-8-12)9-13(3,4)14/h5-13H,4,14-18H2,1-3H3;5-8,14H,1,9H2,2-4H3. The lowest BCUT2D eigenvalue weighted by atomic mass is 9.80. The summed E-state index contributed by atoms with van der Waals surface area (Å²) < 4.78 is 5.42. The number of morpholine rings is 1. The van der Waals surface area contributed by atoms with Crippen molar-refractivity contribution >= 4 is 17.0 Å². The number of carbonyl (C=O) groups excluding carboxylic acids is 1. The fourth-order valence-electron chi connectivity index (χ4n) is 5.30. The summed E-state index contributed by atoms with van der Waals surface area (Å²) in [5.74, 6) is 0.187. The van der Waals surface area contributed by atoms with Crippen LogP contribution in [-0.4, -0.2) is 67.3 Å². The predicted octanol–water partition coefficient (Wildman–Crippen LogP) is 6.69. The summed E-state index contributed by atoms with van der Waals surface area (Å²) in [6.45, 7) is 14.9. The Balaban J connectivity index is 0.000000278. The van der Waals surface area contributed by atoms with Crippen LogP contribution in [0.25, 0.3) is 5.57 Å². The lowest BCUT2D eigenvalue weighted by Crippen LogP contribution is -2.52. The van der Waals surface area contributed by atoms with Crippen molar-refractivity contribution in [3.05, 3.63) is 108 Å². The average Bonchev–Trinajstić information content (AvgIpc) is 2.96. The molecule has 0 saturated carbocycles. The quantitative estimate of drug-likeness (QED) is 0.282. The Hall–Kier alpha value is -3.25. The van der Waals surface area contributed by atoms with E-state index in [-0.39, 0.29) is 5.78 Å². The minimum atomic E-state index is -0.634. The Bertz CT molecular complexity index is 1240. The van der Waals surface area contributed by atoms with Crippen molar-refractivity contribution in [2.24, 2.45) is 0 Å². The number of rotatable bonds is 10. The number of allylic oxidation sites excluding steroid dienone is 1. The predicted molar refractivity (Wildman–Crippen MR) is 172 cm³/mol. The second-order valence-electron chi connectivity index (χ2n) is 11.9. The van der Waals surface area contributed by atoms with Crippen molar-refractivity contribution in [3.8, 4) is 0 Å². The summed E-state index contributed by atoms with van der Waals surface area (Å²) >= 11 is 0. The van der Waals surface area contributed by atoms with E-state index in [1.165, 1.54) is 5.56 Å². The van der Waals surface area contributed by atoms with E-state index in [1.54, 1.807) is 0 Å². The average molecular weight is 557 g/mol. The molecule has 4 rings (SSSR count). The lowest BCUT2D eigenvalue weighted by Gasteiger charge is -2.38. The van der Waals surface area contributed by atoms with Gasteiger partial charge in [0.25, 0.3) is 0 Å². The Morgan fingerprint density at radius 1 is 0.878 bits per heavy atom. The van der Waals surface area contributed by atoms with Gasteiger partial charge < -0.3 is 14.7 Å². The van der Waals surface area contributed by atoms with E-state index in [0.717, 1.165) is 60.7 Å². The molecule has 1 aliphatic rings. The van der Waals surface area contributed by atoms with Gasteiger partial charge in [-0.15, -0.1) is 0 Å². The molecule has 0 aliphatic carbocycles.